The van der Waals surface area contributed by atoms with Crippen LogP contribution in [0.2, 0.25) is 0 Å². The third-order valence-electron chi connectivity index (χ3n) is 4.42. The Labute approximate surface area is 134 Å². The second-order valence-electron chi connectivity index (χ2n) is 6.03. The first-order valence-electron chi connectivity index (χ1n) is 7.70. The van der Waals surface area contributed by atoms with Crippen molar-refractivity contribution in [2.75, 3.05) is 6.54 Å². The molecule has 0 saturated heterocycles. The zero-order valence-corrected chi connectivity index (χ0v) is 13.8. The summed E-state index contributed by atoms with van der Waals surface area (Å²) in [6.07, 6.45) is 6.23. The molecular formula is C17H27ClN2O. The van der Waals surface area contributed by atoms with Crippen LogP contribution in [0.15, 0.2) is 18.2 Å². The van der Waals surface area contributed by atoms with Crippen molar-refractivity contribution < 1.29 is 4.79 Å². The van der Waals surface area contributed by atoms with Gasteiger partial charge >= 0.3 is 0 Å². The van der Waals surface area contributed by atoms with Crippen LogP contribution in [0, 0.1) is 19.8 Å². The molecular weight excluding hydrogens is 284 g/mol. The first-order valence-corrected chi connectivity index (χ1v) is 7.70. The Bertz CT molecular complexity index is 470. The summed E-state index contributed by atoms with van der Waals surface area (Å²) in [6, 6.07) is 6.06. The van der Waals surface area contributed by atoms with E-state index in [9.17, 15) is 4.79 Å². The normalized spacial score (nSPS) is 16.9. The summed E-state index contributed by atoms with van der Waals surface area (Å²) in [5.74, 6) is 0.562. The van der Waals surface area contributed by atoms with E-state index in [-0.39, 0.29) is 24.4 Å². The summed E-state index contributed by atoms with van der Waals surface area (Å²) < 4.78 is 0. The quantitative estimate of drug-likeness (QED) is 0.896. The molecule has 1 fully saturated rings. The van der Waals surface area contributed by atoms with Gasteiger partial charge in [0.2, 0.25) is 0 Å². The second-order valence-corrected chi connectivity index (χ2v) is 6.03. The molecule has 1 aromatic carbocycles. The number of aryl methyl sites for hydroxylation is 2. The molecule has 2 rings (SSSR count). The van der Waals surface area contributed by atoms with Crippen LogP contribution >= 0.6 is 12.4 Å². The molecule has 1 aliphatic carbocycles. The van der Waals surface area contributed by atoms with Crippen LogP contribution in [0.4, 0.5) is 0 Å². The maximum Gasteiger partial charge on any atom is 0.251 e. The summed E-state index contributed by atoms with van der Waals surface area (Å²) in [5.41, 5.74) is 8.86. The fraction of sp³-hybridized carbons (Fsp3) is 0.588. The number of nitrogens with one attached hydrogen (secondary N) is 1. The van der Waals surface area contributed by atoms with Gasteiger partial charge in [-0.1, -0.05) is 37.0 Å². The van der Waals surface area contributed by atoms with Crippen molar-refractivity contribution in [3.8, 4) is 0 Å². The minimum Gasteiger partial charge on any atom is -0.348 e. The highest BCUT2D eigenvalue weighted by molar-refractivity contribution is 5.95. The predicted octanol–water partition coefficient (Wildman–Crippen LogP) is 3.36. The van der Waals surface area contributed by atoms with E-state index < -0.39 is 0 Å². The highest BCUT2D eigenvalue weighted by Crippen LogP contribution is 2.26. The van der Waals surface area contributed by atoms with E-state index in [0.29, 0.717) is 12.5 Å². The van der Waals surface area contributed by atoms with E-state index in [1.807, 2.05) is 32.0 Å². The number of benzene rings is 1. The number of hydrogen-bond donors (Lipinski definition) is 2. The maximum absolute atomic E-state index is 12.4. The summed E-state index contributed by atoms with van der Waals surface area (Å²) in [7, 11) is 0. The van der Waals surface area contributed by atoms with Crippen molar-refractivity contribution >= 4 is 18.3 Å². The Balaban J connectivity index is 0.00000220. The van der Waals surface area contributed by atoms with Gasteiger partial charge in [-0.25, -0.2) is 0 Å². The van der Waals surface area contributed by atoms with Gasteiger partial charge in [-0.3, -0.25) is 4.79 Å². The number of carbonyl (C=O) groups is 1. The SMILES string of the molecule is Cc1ccc(C(=O)NC(CN)C2CCCCC2)c(C)c1.Cl. The van der Waals surface area contributed by atoms with Gasteiger partial charge in [-0.05, 0) is 44.2 Å². The Hall–Kier alpha value is -1.06. The van der Waals surface area contributed by atoms with E-state index >= 15 is 0 Å². The predicted molar refractivity (Wildman–Crippen MR) is 90.0 cm³/mol. The van der Waals surface area contributed by atoms with Gasteiger partial charge in [-0.2, -0.15) is 0 Å². The zero-order chi connectivity index (χ0) is 14.5. The molecule has 4 heteroatoms. The number of halogens is 1. The minimum absolute atomic E-state index is 0. The molecule has 1 atom stereocenters. The number of nitrogens with two attached hydrogens (primary N) is 1. The average Bonchev–Trinajstić information content (AvgIpc) is 2.45. The molecule has 1 amide bonds. The molecule has 0 heterocycles. The molecule has 0 bridgehead atoms. The molecule has 3 nitrogen and oxygen atoms in total. The van der Waals surface area contributed by atoms with Gasteiger partial charge in [0.1, 0.15) is 0 Å². The lowest BCUT2D eigenvalue weighted by Gasteiger charge is -2.30. The number of rotatable bonds is 4. The lowest BCUT2D eigenvalue weighted by molar-refractivity contribution is 0.0915. The van der Waals surface area contributed by atoms with Crippen molar-refractivity contribution in [3.05, 3.63) is 34.9 Å². The van der Waals surface area contributed by atoms with E-state index in [4.69, 9.17) is 5.73 Å². The Morgan fingerprint density at radius 2 is 1.95 bits per heavy atom. The van der Waals surface area contributed by atoms with Crippen LogP contribution in [-0.4, -0.2) is 18.5 Å². The van der Waals surface area contributed by atoms with Gasteiger partial charge in [0.15, 0.2) is 0 Å². The highest BCUT2D eigenvalue weighted by Gasteiger charge is 2.24. The molecule has 0 aliphatic heterocycles. The van der Waals surface area contributed by atoms with Gasteiger partial charge in [-0.15, -0.1) is 12.4 Å². The van der Waals surface area contributed by atoms with E-state index in [2.05, 4.69) is 5.32 Å². The van der Waals surface area contributed by atoms with Crippen molar-refractivity contribution in [1.29, 1.82) is 0 Å². The largest absolute Gasteiger partial charge is 0.348 e. The van der Waals surface area contributed by atoms with Crippen molar-refractivity contribution in [1.82, 2.24) is 5.32 Å². The van der Waals surface area contributed by atoms with E-state index in [1.165, 1.54) is 37.7 Å². The number of amides is 1. The van der Waals surface area contributed by atoms with Crippen molar-refractivity contribution in [2.24, 2.45) is 11.7 Å². The summed E-state index contributed by atoms with van der Waals surface area (Å²) >= 11 is 0. The summed E-state index contributed by atoms with van der Waals surface area (Å²) in [4.78, 5) is 12.4. The zero-order valence-electron chi connectivity index (χ0n) is 13.0. The molecule has 3 N–H and O–H groups in total. The first-order chi connectivity index (χ1) is 9.61. The molecule has 1 aliphatic rings. The monoisotopic (exact) mass is 310 g/mol. The molecule has 1 aromatic rings. The topological polar surface area (TPSA) is 55.1 Å². The maximum atomic E-state index is 12.4. The second kappa shape index (κ2) is 8.40. The molecule has 21 heavy (non-hydrogen) atoms. The first kappa shape index (κ1) is 18.0. The molecule has 1 unspecified atom stereocenters. The molecule has 1 saturated carbocycles. The van der Waals surface area contributed by atoms with Crippen LogP contribution in [0.5, 0.6) is 0 Å². The Morgan fingerprint density at radius 3 is 2.52 bits per heavy atom. The molecule has 0 radical (unpaired) electrons. The highest BCUT2D eigenvalue weighted by atomic mass is 35.5. The number of carbonyl (C=O) groups excluding carboxylic acids is 1. The Morgan fingerprint density at radius 1 is 1.29 bits per heavy atom. The molecule has 0 spiro atoms. The van der Waals surface area contributed by atoms with Gasteiger partial charge in [0.05, 0.1) is 0 Å². The molecule has 0 aromatic heterocycles. The molecule has 118 valence electrons. The fourth-order valence-corrected chi connectivity index (χ4v) is 3.22. The summed E-state index contributed by atoms with van der Waals surface area (Å²) in [5, 5.41) is 3.15. The van der Waals surface area contributed by atoms with Crippen LogP contribution in [0.25, 0.3) is 0 Å². The van der Waals surface area contributed by atoms with Crippen LogP contribution in [0.3, 0.4) is 0 Å². The van der Waals surface area contributed by atoms with Gasteiger partial charge in [0.25, 0.3) is 5.91 Å². The van der Waals surface area contributed by atoms with Gasteiger partial charge in [0, 0.05) is 18.2 Å². The lowest BCUT2D eigenvalue weighted by Crippen LogP contribution is -2.46. The van der Waals surface area contributed by atoms with E-state index in [1.54, 1.807) is 0 Å². The third kappa shape index (κ3) is 4.72. The number of hydrogen-bond acceptors (Lipinski definition) is 2. The van der Waals surface area contributed by atoms with Gasteiger partial charge < -0.3 is 11.1 Å². The van der Waals surface area contributed by atoms with E-state index in [0.717, 1.165) is 11.1 Å². The fourth-order valence-electron chi connectivity index (χ4n) is 3.22. The smallest absolute Gasteiger partial charge is 0.251 e. The summed E-state index contributed by atoms with van der Waals surface area (Å²) in [6.45, 7) is 4.56. The minimum atomic E-state index is 0. The average molecular weight is 311 g/mol. The van der Waals surface area contributed by atoms with Crippen LogP contribution in [-0.2, 0) is 0 Å². The van der Waals surface area contributed by atoms with Crippen LogP contribution < -0.4 is 11.1 Å². The standard InChI is InChI=1S/C17H26N2O.ClH/c1-12-8-9-15(13(2)10-12)17(20)19-16(11-18)14-6-4-3-5-7-14;/h8-10,14,16H,3-7,11,18H2,1-2H3,(H,19,20);1H. The lowest BCUT2D eigenvalue weighted by atomic mass is 9.83. The van der Waals surface area contributed by atoms with Crippen LogP contribution in [0.1, 0.15) is 53.6 Å². The van der Waals surface area contributed by atoms with Crippen molar-refractivity contribution in [2.45, 2.75) is 52.0 Å². The third-order valence-corrected chi connectivity index (χ3v) is 4.42. The Kier molecular flexibility index (Phi) is 7.20. The van der Waals surface area contributed by atoms with Crippen molar-refractivity contribution in [3.63, 3.8) is 0 Å².